The van der Waals surface area contributed by atoms with Gasteiger partial charge in [-0.1, -0.05) is 5.92 Å². The molecule has 1 N–H and O–H groups in total. The first-order chi connectivity index (χ1) is 7.81. The smallest absolute Gasteiger partial charge is 0.411 e. The Hall–Kier alpha value is -1.70. The van der Waals surface area contributed by atoms with Crippen LogP contribution in [-0.2, 0) is 4.74 Å². The molecule has 1 amide bonds. The molecule has 0 spiro atoms. The summed E-state index contributed by atoms with van der Waals surface area (Å²) in [5, 5.41) is 11.2. The van der Waals surface area contributed by atoms with Gasteiger partial charge in [0.15, 0.2) is 0 Å². The number of terminal acetylenes is 1. The fourth-order valence-corrected chi connectivity index (χ4v) is 1.15. The summed E-state index contributed by atoms with van der Waals surface area (Å²) >= 11 is 0. The predicted octanol–water partition coefficient (Wildman–Crippen LogP) is 2.10. The van der Waals surface area contributed by atoms with E-state index in [9.17, 15) is 4.79 Å². The van der Waals surface area contributed by atoms with Crippen molar-refractivity contribution in [3.05, 3.63) is 0 Å². The maximum absolute atomic E-state index is 11.9. The van der Waals surface area contributed by atoms with E-state index in [1.165, 1.54) is 11.1 Å². The highest BCUT2D eigenvalue weighted by atomic mass is 16.6. The van der Waals surface area contributed by atoms with Crippen LogP contribution in [-0.4, -0.2) is 40.6 Å². The molecule has 96 valence electrons. The summed E-state index contributed by atoms with van der Waals surface area (Å²) in [6.07, 6.45) is 6.48. The first-order valence-corrected chi connectivity index (χ1v) is 5.40. The minimum atomic E-state index is -0.561. The van der Waals surface area contributed by atoms with E-state index in [0.29, 0.717) is 6.42 Å². The maximum Gasteiger partial charge on any atom is 0.411 e. The summed E-state index contributed by atoms with van der Waals surface area (Å²) < 4.78 is 5.24. The third-order valence-corrected chi connectivity index (χ3v) is 1.95. The van der Waals surface area contributed by atoms with Crippen molar-refractivity contribution in [1.82, 2.24) is 4.90 Å². The Balaban J connectivity index is 4.61. The van der Waals surface area contributed by atoms with E-state index in [2.05, 4.69) is 11.1 Å². The van der Waals surface area contributed by atoms with Crippen LogP contribution in [0.4, 0.5) is 4.79 Å². The molecule has 0 bridgehead atoms. The highest BCUT2D eigenvalue weighted by Crippen LogP contribution is 2.12. The zero-order valence-electron chi connectivity index (χ0n) is 10.8. The molecule has 5 heteroatoms. The molecule has 5 nitrogen and oxygen atoms in total. The molecule has 0 aromatic heterocycles. The van der Waals surface area contributed by atoms with Crippen molar-refractivity contribution in [3.63, 3.8) is 0 Å². The van der Waals surface area contributed by atoms with E-state index >= 15 is 0 Å². The summed E-state index contributed by atoms with van der Waals surface area (Å²) in [5.41, 5.74) is -0.561. The van der Waals surface area contributed by atoms with E-state index in [1.54, 1.807) is 20.8 Å². The monoisotopic (exact) mass is 240 g/mol. The Morgan fingerprint density at radius 3 is 2.65 bits per heavy atom. The molecule has 0 heterocycles. The first kappa shape index (κ1) is 15.3. The lowest BCUT2D eigenvalue weighted by Gasteiger charge is -2.29. The van der Waals surface area contributed by atoms with Crippen LogP contribution < -0.4 is 0 Å². The van der Waals surface area contributed by atoms with Gasteiger partial charge in [0.25, 0.3) is 0 Å². The number of oxime groups is 1. The fraction of sp³-hybridized carbons (Fsp3) is 0.667. The van der Waals surface area contributed by atoms with Crippen LogP contribution in [0.25, 0.3) is 0 Å². The van der Waals surface area contributed by atoms with E-state index in [4.69, 9.17) is 16.4 Å². The Kier molecular flexibility index (Phi) is 6.11. The van der Waals surface area contributed by atoms with Gasteiger partial charge in [0.2, 0.25) is 0 Å². The van der Waals surface area contributed by atoms with Crippen molar-refractivity contribution < 1.29 is 14.7 Å². The van der Waals surface area contributed by atoms with Gasteiger partial charge >= 0.3 is 6.09 Å². The summed E-state index contributed by atoms with van der Waals surface area (Å²) in [6.45, 7) is 7.34. The molecule has 0 aliphatic heterocycles. The topological polar surface area (TPSA) is 62.1 Å². The molecule has 0 radical (unpaired) electrons. The van der Waals surface area contributed by atoms with Crippen molar-refractivity contribution in [2.45, 2.75) is 45.8 Å². The van der Waals surface area contributed by atoms with Crippen molar-refractivity contribution >= 4 is 12.3 Å². The predicted molar refractivity (Wildman–Crippen MR) is 66.1 cm³/mol. The molecule has 0 aliphatic carbocycles. The largest absolute Gasteiger partial charge is 0.444 e. The Labute approximate surface area is 102 Å². The lowest BCUT2D eigenvalue weighted by atomic mass is 10.2. The van der Waals surface area contributed by atoms with Crippen LogP contribution in [0.5, 0.6) is 0 Å². The van der Waals surface area contributed by atoms with Gasteiger partial charge < -0.3 is 9.94 Å². The van der Waals surface area contributed by atoms with Crippen molar-refractivity contribution in [1.29, 1.82) is 0 Å². The molecule has 0 saturated carbocycles. The number of hydrogen-bond donors (Lipinski definition) is 1. The van der Waals surface area contributed by atoms with Gasteiger partial charge in [-0.3, -0.25) is 4.90 Å². The third kappa shape index (κ3) is 6.46. The molecule has 0 rings (SSSR count). The number of amides is 1. The second-order valence-corrected chi connectivity index (χ2v) is 4.70. The van der Waals surface area contributed by atoms with E-state index in [0.717, 1.165) is 0 Å². The van der Waals surface area contributed by atoms with Gasteiger partial charge in [-0.15, -0.1) is 11.6 Å². The minimum absolute atomic E-state index is 0.162. The van der Waals surface area contributed by atoms with Gasteiger partial charge in [0.1, 0.15) is 5.60 Å². The van der Waals surface area contributed by atoms with Crippen LogP contribution in [0.3, 0.4) is 0 Å². The van der Waals surface area contributed by atoms with Crippen LogP contribution in [0.15, 0.2) is 5.16 Å². The Morgan fingerprint density at radius 1 is 1.65 bits per heavy atom. The Bertz CT molecular complexity index is 313. The number of carbonyl (C=O) groups is 1. The molecule has 17 heavy (non-hydrogen) atoms. The van der Waals surface area contributed by atoms with Gasteiger partial charge in [-0.25, -0.2) is 4.79 Å². The first-order valence-electron chi connectivity index (χ1n) is 5.40. The van der Waals surface area contributed by atoms with Crippen LogP contribution >= 0.6 is 0 Å². The van der Waals surface area contributed by atoms with E-state index < -0.39 is 11.7 Å². The number of carbonyl (C=O) groups excluding carboxylic acids is 1. The molecule has 0 unspecified atom stereocenters. The average molecular weight is 240 g/mol. The SMILES string of the molecule is C#CCN(C(=O)OC(C)(C)C)[C@@H](C)CC=NO. The van der Waals surface area contributed by atoms with Gasteiger partial charge in [-0.2, -0.15) is 0 Å². The summed E-state index contributed by atoms with van der Waals surface area (Å²) in [6, 6.07) is -0.184. The molecule has 0 aromatic carbocycles. The van der Waals surface area contributed by atoms with Crippen molar-refractivity contribution in [2.75, 3.05) is 6.54 Å². The van der Waals surface area contributed by atoms with Crippen LogP contribution in [0, 0.1) is 12.3 Å². The lowest BCUT2D eigenvalue weighted by molar-refractivity contribution is 0.0213. The van der Waals surface area contributed by atoms with Crippen LogP contribution in [0.1, 0.15) is 34.1 Å². The molecule has 1 atom stereocenters. The van der Waals surface area contributed by atoms with Crippen molar-refractivity contribution in [2.24, 2.45) is 5.16 Å². The quantitative estimate of drug-likeness (QED) is 0.354. The standard InChI is InChI=1S/C12H20N2O3/c1-6-9-14(10(2)7-8-13-16)11(15)17-12(3,4)5/h1,8,10,16H,7,9H2,2-5H3/t10-/m0/s1. The minimum Gasteiger partial charge on any atom is -0.444 e. The molecule has 0 aromatic rings. The fourth-order valence-electron chi connectivity index (χ4n) is 1.15. The molecule has 0 aliphatic rings. The van der Waals surface area contributed by atoms with Crippen LogP contribution in [0.2, 0.25) is 0 Å². The summed E-state index contributed by atoms with van der Waals surface area (Å²) in [4.78, 5) is 13.3. The summed E-state index contributed by atoms with van der Waals surface area (Å²) in [7, 11) is 0. The number of nitrogens with zero attached hydrogens (tertiary/aromatic N) is 2. The Morgan fingerprint density at radius 2 is 2.24 bits per heavy atom. The zero-order chi connectivity index (χ0) is 13.5. The van der Waals surface area contributed by atoms with Gasteiger partial charge in [0.05, 0.1) is 6.54 Å². The normalized spacial score (nSPS) is 13.1. The highest BCUT2D eigenvalue weighted by molar-refractivity contribution is 5.70. The maximum atomic E-state index is 11.9. The number of ether oxygens (including phenoxy) is 1. The second-order valence-electron chi connectivity index (χ2n) is 4.70. The van der Waals surface area contributed by atoms with E-state index in [1.807, 2.05) is 6.92 Å². The average Bonchev–Trinajstić information content (AvgIpc) is 2.19. The molecule has 0 saturated heterocycles. The highest BCUT2D eigenvalue weighted by Gasteiger charge is 2.24. The number of rotatable bonds is 4. The van der Waals surface area contributed by atoms with Gasteiger partial charge in [-0.05, 0) is 27.7 Å². The molecule has 0 fully saturated rings. The lowest BCUT2D eigenvalue weighted by Crippen LogP contribution is -2.42. The second kappa shape index (κ2) is 6.79. The zero-order valence-corrected chi connectivity index (χ0v) is 10.8. The summed E-state index contributed by atoms with van der Waals surface area (Å²) in [5.74, 6) is 2.41. The number of hydrogen-bond acceptors (Lipinski definition) is 4. The van der Waals surface area contributed by atoms with Crippen molar-refractivity contribution in [3.8, 4) is 12.3 Å². The molecular weight excluding hydrogens is 220 g/mol. The van der Waals surface area contributed by atoms with E-state index in [-0.39, 0.29) is 12.6 Å². The van der Waals surface area contributed by atoms with Gasteiger partial charge in [0, 0.05) is 18.7 Å². The third-order valence-electron chi connectivity index (χ3n) is 1.95. The molecular formula is C12H20N2O3.